The molecule has 0 saturated heterocycles. The molecule has 20 heavy (non-hydrogen) atoms. The van der Waals surface area contributed by atoms with Crippen LogP contribution >= 0.6 is 0 Å². The Labute approximate surface area is 119 Å². The molecular weight excluding hydrogens is 254 g/mol. The maximum absolute atomic E-state index is 9.75. The molecule has 1 heterocycles. The van der Waals surface area contributed by atoms with Crippen LogP contribution in [-0.4, -0.2) is 12.2 Å². The Morgan fingerprint density at radius 3 is 2.60 bits per heavy atom. The van der Waals surface area contributed by atoms with Gasteiger partial charge in [-0.3, -0.25) is 0 Å². The Morgan fingerprint density at radius 1 is 1.30 bits per heavy atom. The monoisotopic (exact) mass is 275 g/mol. The number of aromatic hydroxyl groups is 1. The van der Waals surface area contributed by atoms with Crippen LogP contribution in [0.25, 0.3) is 0 Å². The molecule has 2 N–H and O–H groups in total. The molecule has 0 bridgehead atoms. The highest BCUT2D eigenvalue weighted by Crippen LogP contribution is 2.27. The smallest absolute Gasteiger partial charge is 0.160 e. The van der Waals surface area contributed by atoms with E-state index >= 15 is 0 Å². The van der Waals surface area contributed by atoms with E-state index in [1.165, 1.54) is 5.56 Å². The lowest BCUT2D eigenvalue weighted by Crippen LogP contribution is -2.18. The Morgan fingerprint density at radius 2 is 2.05 bits per heavy atom. The molecule has 0 aliphatic heterocycles. The average molecular weight is 275 g/mol. The Hall–Kier alpha value is -1.94. The second kappa shape index (κ2) is 6.01. The fourth-order valence-corrected chi connectivity index (χ4v) is 2.31. The van der Waals surface area contributed by atoms with Gasteiger partial charge in [-0.05, 0) is 44.5 Å². The van der Waals surface area contributed by atoms with Gasteiger partial charge in [0.25, 0.3) is 0 Å². The topological polar surface area (TPSA) is 54.6 Å². The number of ether oxygens (including phenoxy) is 1. The minimum absolute atomic E-state index is 0.162. The van der Waals surface area contributed by atoms with E-state index in [9.17, 15) is 5.11 Å². The van der Waals surface area contributed by atoms with Gasteiger partial charge >= 0.3 is 0 Å². The molecule has 0 fully saturated rings. The van der Waals surface area contributed by atoms with Gasteiger partial charge < -0.3 is 19.6 Å². The van der Waals surface area contributed by atoms with Crippen LogP contribution in [0.3, 0.4) is 0 Å². The van der Waals surface area contributed by atoms with E-state index in [0.717, 1.165) is 17.1 Å². The van der Waals surface area contributed by atoms with Crippen molar-refractivity contribution in [1.82, 2.24) is 5.32 Å². The summed E-state index contributed by atoms with van der Waals surface area (Å²) in [6, 6.07) is 7.66. The molecule has 2 rings (SSSR count). The van der Waals surface area contributed by atoms with Crippen molar-refractivity contribution in [2.45, 2.75) is 33.4 Å². The number of benzene rings is 1. The fraction of sp³-hybridized carbons (Fsp3) is 0.375. The molecule has 0 saturated carbocycles. The summed E-state index contributed by atoms with van der Waals surface area (Å²) in [7, 11) is 1.54. The van der Waals surface area contributed by atoms with Gasteiger partial charge in [0.2, 0.25) is 0 Å². The molecule has 0 aliphatic carbocycles. The Kier molecular flexibility index (Phi) is 4.35. The number of furan rings is 1. The lowest BCUT2D eigenvalue weighted by molar-refractivity contribution is 0.373. The second-order valence-electron chi connectivity index (χ2n) is 4.98. The van der Waals surface area contributed by atoms with Crippen LogP contribution < -0.4 is 10.1 Å². The van der Waals surface area contributed by atoms with Gasteiger partial charge in [0.1, 0.15) is 11.5 Å². The predicted octanol–water partition coefficient (Wildman–Crippen LogP) is 3.46. The summed E-state index contributed by atoms with van der Waals surface area (Å²) in [6.45, 7) is 6.69. The van der Waals surface area contributed by atoms with E-state index in [4.69, 9.17) is 9.15 Å². The lowest BCUT2D eigenvalue weighted by atomic mass is 10.1. The van der Waals surface area contributed by atoms with E-state index in [-0.39, 0.29) is 11.8 Å². The van der Waals surface area contributed by atoms with Crippen molar-refractivity contribution in [3.63, 3.8) is 0 Å². The predicted molar refractivity (Wildman–Crippen MR) is 78.1 cm³/mol. The highest BCUT2D eigenvalue weighted by Gasteiger charge is 2.12. The maximum Gasteiger partial charge on any atom is 0.160 e. The minimum atomic E-state index is 0.162. The third kappa shape index (κ3) is 3.14. The summed E-state index contributed by atoms with van der Waals surface area (Å²) in [6.07, 6.45) is 0. The first-order chi connectivity index (χ1) is 9.51. The lowest BCUT2D eigenvalue weighted by Gasteiger charge is -2.14. The van der Waals surface area contributed by atoms with Crippen molar-refractivity contribution < 1.29 is 14.3 Å². The van der Waals surface area contributed by atoms with Gasteiger partial charge in [0.05, 0.1) is 7.11 Å². The molecule has 1 aromatic carbocycles. The molecule has 0 unspecified atom stereocenters. The summed E-state index contributed by atoms with van der Waals surface area (Å²) in [4.78, 5) is 0. The summed E-state index contributed by atoms with van der Waals surface area (Å²) >= 11 is 0. The quantitative estimate of drug-likeness (QED) is 0.877. The Balaban J connectivity index is 2.01. The number of phenolic OH excluding ortho intramolecular Hbond substituents is 1. The molecule has 0 radical (unpaired) electrons. The van der Waals surface area contributed by atoms with E-state index in [1.54, 1.807) is 19.2 Å². The average Bonchev–Trinajstić information content (AvgIpc) is 2.75. The van der Waals surface area contributed by atoms with Crippen molar-refractivity contribution in [2.75, 3.05) is 7.11 Å². The van der Waals surface area contributed by atoms with Crippen molar-refractivity contribution >= 4 is 0 Å². The first-order valence-corrected chi connectivity index (χ1v) is 6.67. The van der Waals surface area contributed by atoms with E-state index in [0.29, 0.717) is 12.3 Å². The molecule has 0 spiro atoms. The number of hydrogen-bond acceptors (Lipinski definition) is 4. The van der Waals surface area contributed by atoms with Crippen LogP contribution in [0, 0.1) is 13.8 Å². The van der Waals surface area contributed by atoms with E-state index in [1.807, 2.05) is 19.9 Å². The highest BCUT2D eigenvalue weighted by atomic mass is 16.5. The maximum atomic E-state index is 9.75. The van der Waals surface area contributed by atoms with Gasteiger partial charge in [-0.1, -0.05) is 6.07 Å². The van der Waals surface area contributed by atoms with E-state index in [2.05, 4.69) is 18.3 Å². The van der Waals surface area contributed by atoms with Crippen molar-refractivity contribution in [3.8, 4) is 11.5 Å². The number of hydrogen-bond donors (Lipinski definition) is 2. The zero-order valence-electron chi connectivity index (χ0n) is 12.4. The number of aryl methyl sites for hydroxylation is 2. The van der Waals surface area contributed by atoms with Crippen LogP contribution in [-0.2, 0) is 6.54 Å². The van der Waals surface area contributed by atoms with Crippen LogP contribution in [0.5, 0.6) is 11.5 Å². The summed E-state index contributed by atoms with van der Waals surface area (Å²) in [5.41, 5.74) is 2.17. The molecule has 1 atom stereocenters. The Bertz CT molecular complexity index is 589. The van der Waals surface area contributed by atoms with E-state index < -0.39 is 0 Å². The number of nitrogens with one attached hydrogen (secondary N) is 1. The zero-order valence-corrected chi connectivity index (χ0v) is 12.4. The number of methoxy groups -OCH3 is 1. The number of phenols is 1. The SMILES string of the molecule is COc1ccc(CN[C@@H](C)c2cc(C)oc2C)cc1O. The molecule has 2 aromatic rings. The van der Waals surface area contributed by atoms with Crippen LogP contribution in [0.4, 0.5) is 0 Å². The molecule has 0 aliphatic rings. The molecule has 108 valence electrons. The van der Waals surface area contributed by atoms with Gasteiger partial charge in [0, 0.05) is 18.2 Å². The second-order valence-corrected chi connectivity index (χ2v) is 4.98. The molecule has 0 amide bonds. The van der Waals surface area contributed by atoms with Gasteiger partial charge in [-0.15, -0.1) is 0 Å². The normalized spacial score (nSPS) is 12.4. The summed E-state index contributed by atoms with van der Waals surface area (Å²) in [5.74, 6) is 2.52. The first-order valence-electron chi connectivity index (χ1n) is 6.67. The third-order valence-electron chi connectivity index (χ3n) is 3.40. The zero-order chi connectivity index (χ0) is 14.7. The van der Waals surface area contributed by atoms with Gasteiger partial charge in [-0.2, -0.15) is 0 Å². The van der Waals surface area contributed by atoms with Crippen LogP contribution in [0.1, 0.15) is 35.6 Å². The minimum Gasteiger partial charge on any atom is -0.504 e. The summed E-state index contributed by atoms with van der Waals surface area (Å²) < 4.78 is 10.6. The third-order valence-corrected chi connectivity index (χ3v) is 3.40. The summed E-state index contributed by atoms with van der Waals surface area (Å²) in [5, 5.41) is 13.2. The van der Waals surface area contributed by atoms with Crippen molar-refractivity contribution in [3.05, 3.63) is 46.9 Å². The first kappa shape index (κ1) is 14.5. The van der Waals surface area contributed by atoms with Crippen LogP contribution in [0.2, 0.25) is 0 Å². The van der Waals surface area contributed by atoms with Crippen molar-refractivity contribution in [1.29, 1.82) is 0 Å². The molecule has 4 nitrogen and oxygen atoms in total. The largest absolute Gasteiger partial charge is 0.504 e. The highest BCUT2D eigenvalue weighted by molar-refractivity contribution is 5.41. The number of rotatable bonds is 5. The molecule has 4 heteroatoms. The standard InChI is InChI=1S/C16H21NO3/c1-10-7-14(12(3)20-10)11(2)17-9-13-5-6-16(19-4)15(18)8-13/h5-8,11,17-18H,9H2,1-4H3/t11-/m0/s1. The fourth-order valence-electron chi connectivity index (χ4n) is 2.31. The van der Waals surface area contributed by atoms with Crippen molar-refractivity contribution in [2.24, 2.45) is 0 Å². The van der Waals surface area contributed by atoms with Crippen LogP contribution in [0.15, 0.2) is 28.7 Å². The molecule has 1 aromatic heterocycles. The molecular formula is C16H21NO3. The van der Waals surface area contributed by atoms with Gasteiger partial charge in [-0.25, -0.2) is 0 Å². The van der Waals surface area contributed by atoms with Gasteiger partial charge in [0.15, 0.2) is 11.5 Å².